The summed E-state index contributed by atoms with van der Waals surface area (Å²) in [6.45, 7) is 10.6. The van der Waals surface area contributed by atoms with Gasteiger partial charge in [0.2, 0.25) is 0 Å². The van der Waals surface area contributed by atoms with Crippen molar-refractivity contribution in [3.05, 3.63) is 35.4 Å². The van der Waals surface area contributed by atoms with Gasteiger partial charge in [-0.3, -0.25) is 0 Å². The molecule has 114 valence electrons. The summed E-state index contributed by atoms with van der Waals surface area (Å²) in [4.78, 5) is 0. The van der Waals surface area contributed by atoms with Gasteiger partial charge in [0.15, 0.2) is 0 Å². The normalized spacial score (nSPS) is 20.7. The fraction of sp³-hybridized carbons (Fsp3) is 0.500. The first-order chi connectivity index (χ1) is 9.75. The van der Waals surface area contributed by atoms with Gasteiger partial charge >= 0.3 is 7.12 Å². The van der Waals surface area contributed by atoms with E-state index in [-0.39, 0.29) is 18.3 Å². The van der Waals surface area contributed by atoms with E-state index in [0.29, 0.717) is 6.61 Å². The van der Waals surface area contributed by atoms with Crippen molar-refractivity contribution in [3.63, 3.8) is 0 Å². The van der Waals surface area contributed by atoms with Gasteiger partial charge in [-0.25, -0.2) is 0 Å². The maximum absolute atomic E-state index is 6.04. The van der Waals surface area contributed by atoms with Gasteiger partial charge in [0.1, 0.15) is 12.4 Å². The molecule has 3 nitrogen and oxygen atoms in total. The second-order valence-corrected chi connectivity index (χ2v) is 6.62. The van der Waals surface area contributed by atoms with Crippen molar-refractivity contribution >= 4 is 24.2 Å². The van der Waals surface area contributed by atoms with E-state index in [1.54, 1.807) is 0 Å². The highest BCUT2D eigenvalue weighted by atomic mass is 35.5. The molecule has 21 heavy (non-hydrogen) atoms. The molecule has 0 spiro atoms. The number of hydrogen-bond donors (Lipinski definition) is 0. The molecule has 1 aliphatic rings. The fourth-order valence-corrected chi connectivity index (χ4v) is 2.02. The Hall–Kier alpha value is -0.965. The SMILES string of the molecule is C/C(=C/Cl)COc1cccc(B2OC(C)(C)C(C)(C)O2)c1. The minimum atomic E-state index is -0.372. The molecule has 5 heteroatoms. The molecule has 0 aliphatic carbocycles. The van der Waals surface area contributed by atoms with Gasteiger partial charge in [0, 0.05) is 5.54 Å². The lowest BCUT2D eigenvalue weighted by Gasteiger charge is -2.32. The van der Waals surface area contributed by atoms with E-state index in [1.165, 1.54) is 5.54 Å². The number of rotatable bonds is 4. The van der Waals surface area contributed by atoms with Crippen molar-refractivity contribution in [2.75, 3.05) is 6.61 Å². The van der Waals surface area contributed by atoms with Crippen LogP contribution in [0.25, 0.3) is 0 Å². The Morgan fingerprint density at radius 3 is 2.43 bits per heavy atom. The van der Waals surface area contributed by atoms with Crippen LogP contribution in [0.3, 0.4) is 0 Å². The number of hydrogen-bond acceptors (Lipinski definition) is 3. The van der Waals surface area contributed by atoms with Gasteiger partial charge in [-0.2, -0.15) is 0 Å². The molecule has 1 heterocycles. The van der Waals surface area contributed by atoms with Crippen LogP contribution in [0.15, 0.2) is 35.4 Å². The molecule has 0 N–H and O–H groups in total. The first-order valence-corrected chi connectivity index (χ1v) is 7.53. The van der Waals surface area contributed by atoms with E-state index in [2.05, 4.69) is 0 Å². The van der Waals surface area contributed by atoms with Crippen LogP contribution in [0, 0.1) is 0 Å². The fourth-order valence-electron chi connectivity index (χ4n) is 1.96. The van der Waals surface area contributed by atoms with Gasteiger partial charge in [-0.1, -0.05) is 23.7 Å². The van der Waals surface area contributed by atoms with Crippen molar-refractivity contribution in [1.82, 2.24) is 0 Å². The lowest BCUT2D eigenvalue weighted by atomic mass is 9.79. The molecule has 0 bridgehead atoms. The Morgan fingerprint density at radius 2 is 1.86 bits per heavy atom. The van der Waals surface area contributed by atoms with Gasteiger partial charge in [0.25, 0.3) is 0 Å². The Bertz CT molecular complexity index is 524. The summed E-state index contributed by atoms with van der Waals surface area (Å²) in [6, 6.07) is 7.79. The lowest BCUT2D eigenvalue weighted by molar-refractivity contribution is 0.00578. The number of benzene rings is 1. The van der Waals surface area contributed by atoms with E-state index < -0.39 is 0 Å². The van der Waals surface area contributed by atoms with Gasteiger partial charge in [-0.15, -0.1) is 0 Å². The van der Waals surface area contributed by atoms with Crippen molar-refractivity contribution in [3.8, 4) is 5.75 Å². The standard InChI is InChI=1S/C16H22BClO3/c1-12(10-18)11-19-14-8-6-7-13(9-14)17-20-15(2,3)16(4,5)21-17/h6-10H,11H2,1-5H3/b12-10-. The van der Waals surface area contributed by atoms with Crippen molar-refractivity contribution in [2.24, 2.45) is 0 Å². The highest BCUT2D eigenvalue weighted by Crippen LogP contribution is 2.36. The summed E-state index contributed by atoms with van der Waals surface area (Å²) in [5.41, 5.74) is 2.77. The molecule has 1 saturated heterocycles. The second-order valence-electron chi connectivity index (χ2n) is 6.40. The Morgan fingerprint density at radius 1 is 1.24 bits per heavy atom. The molecular weight excluding hydrogens is 286 g/mol. The van der Waals surface area contributed by atoms with E-state index in [9.17, 15) is 0 Å². The summed E-state index contributed by atoms with van der Waals surface area (Å²) in [5.74, 6) is 0.778. The van der Waals surface area contributed by atoms with Crippen LogP contribution < -0.4 is 10.2 Å². The molecule has 0 radical (unpaired) electrons. The van der Waals surface area contributed by atoms with E-state index in [1.807, 2.05) is 58.9 Å². The van der Waals surface area contributed by atoms with E-state index in [4.69, 9.17) is 25.6 Å². The third-order valence-electron chi connectivity index (χ3n) is 4.04. The molecule has 0 amide bonds. The topological polar surface area (TPSA) is 27.7 Å². The Balaban J connectivity index is 2.12. The van der Waals surface area contributed by atoms with Crippen LogP contribution >= 0.6 is 11.6 Å². The van der Waals surface area contributed by atoms with Crippen LogP contribution in [0.2, 0.25) is 0 Å². The number of ether oxygens (including phenoxy) is 1. The van der Waals surface area contributed by atoms with E-state index >= 15 is 0 Å². The minimum absolute atomic E-state index is 0.341. The zero-order valence-corrected chi connectivity index (χ0v) is 14.0. The van der Waals surface area contributed by atoms with Crippen molar-refractivity contribution < 1.29 is 14.0 Å². The predicted octanol–water partition coefficient (Wildman–Crippen LogP) is 3.51. The average Bonchev–Trinajstić information content (AvgIpc) is 2.65. The van der Waals surface area contributed by atoms with E-state index in [0.717, 1.165) is 16.8 Å². The molecule has 0 unspecified atom stereocenters. The monoisotopic (exact) mass is 308 g/mol. The first-order valence-electron chi connectivity index (χ1n) is 7.09. The van der Waals surface area contributed by atoms with Crippen LogP contribution in [-0.4, -0.2) is 24.9 Å². The summed E-state index contributed by atoms with van der Waals surface area (Å²) in [6.07, 6.45) is 0. The average molecular weight is 309 g/mol. The highest BCUT2D eigenvalue weighted by Gasteiger charge is 2.51. The molecule has 1 aliphatic heterocycles. The van der Waals surface area contributed by atoms with Crippen molar-refractivity contribution in [1.29, 1.82) is 0 Å². The van der Waals surface area contributed by atoms with Gasteiger partial charge < -0.3 is 14.0 Å². The molecular formula is C16H22BClO3. The van der Waals surface area contributed by atoms with Crippen molar-refractivity contribution in [2.45, 2.75) is 45.8 Å². The molecule has 1 fully saturated rings. The maximum Gasteiger partial charge on any atom is 0.494 e. The largest absolute Gasteiger partial charge is 0.494 e. The highest BCUT2D eigenvalue weighted by molar-refractivity contribution is 6.62. The molecule has 2 rings (SSSR count). The first kappa shape index (κ1) is 16.4. The summed E-state index contributed by atoms with van der Waals surface area (Å²) in [7, 11) is -0.372. The second kappa shape index (κ2) is 6.03. The zero-order chi connectivity index (χ0) is 15.7. The molecule has 0 saturated carbocycles. The molecule has 0 atom stereocenters. The number of halogens is 1. The van der Waals surface area contributed by atoms with Gasteiger partial charge in [0.05, 0.1) is 11.2 Å². The van der Waals surface area contributed by atoms with Crippen LogP contribution in [-0.2, 0) is 9.31 Å². The Labute approximate surface area is 132 Å². The smallest absolute Gasteiger partial charge is 0.489 e. The molecule has 1 aromatic rings. The Kier molecular flexibility index (Phi) is 4.71. The summed E-state index contributed by atoms with van der Waals surface area (Å²) in [5, 5.41) is 0. The predicted molar refractivity (Wildman–Crippen MR) is 87.3 cm³/mol. The van der Waals surface area contributed by atoms with Crippen LogP contribution in [0.1, 0.15) is 34.6 Å². The third-order valence-corrected chi connectivity index (χ3v) is 4.41. The lowest BCUT2D eigenvalue weighted by Crippen LogP contribution is -2.41. The minimum Gasteiger partial charge on any atom is -0.489 e. The van der Waals surface area contributed by atoms with Crippen LogP contribution in [0.5, 0.6) is 5.75 Å². The third kappa shape index (κ3) is 3.63. The van der Waals surface area contributed by atoms with Gasteiger partial charge in [-0.05, 0) is 57.8 Å². The summed E-state index contributed by atoms with van der Waals surface area (Å²) >= 11 is 5.63. The quantitative estimate of drug-likeness (QED) is 0.797. The molecule has 0 aromatic heterocycles. The summed E-state index contributed by atoms with van der Waals surface area (Å²) < 4.78 is 17.8. The zero-order valence-electron chi connectivity index (χ0n) is 13.3. The maximum atomic E-state index is 6.04. The molecule has 1 aromatic carbocycles. The van der Waals surface area contributed by atoms with Crippen LogP contribution in [0.4, 0.5) is 0 Å².